The van der Waals surface area contributed by atoms with Crippen LogP contribution in [-0.4, -0.2) is 53.1 Å². The fourth-order valence-corrected chi connectivity index (χ4v) is 3.47. The van der Waals surface area contributed by atoms with Gasteiger partial charge in [0.15, 0.2) is 5.78 Å². The smallest absolute Gasteiger partial charge is 0.339 e. The number of esters is 1. The van der Waals surface area contributed by atoms with E-state index in [0.717, 1.165) is 0 Å². The molecule has 0 aliphatic carbocycles. The van der Waals surface area contributed by atoms with Crippen molar-refractivity contribution in [3.8, 4) is 11.1 Å². The second-order valence-corrected chi connectivity index (χ2v) is 8.85. The Hall–Kier alpha value is -4.14. The fraction of sp³-hybridized carbons (Fsp3) is 0.258. The highest BCUT2D eigenvalue weighted by molar-refractivity contribution is 5.99. The number of benzene rings is 2. The lowest BCUT2D eigenvalue weighted by atomic mass is 9.96. The minimum absolute atomic E-state index is 0.0761. The number of aromatic nitrogens is 2. The number of hydrogen-bond donors (Lipinski definition) is 3. The Balaban J connectivity index is 0.000000404. The Morgan fingerprint density at radius 1 is 1.15 bits per heavy atom. The summed E-state index contributed by atoms with van der Waals surface area (Å²) in [6.07, 6.45) is 4.21. The zero-order valence-electron chi connectivity index (χ0n) is 22.8. The number of ketones is 1. The van der Waals surface area contributed by atoms with Crippen LogP contribution >= 0.6 is 0 Å². The van der Waals surface area contributed by atoms with Gasteiger partial charge >= 0.3 is 5.97 Å². The fourth-order valence-electron chi connectivity index (χ4n) is 3.47. The molecule has 0 atom stereocenters. The van der Waals surface area contributed by atoms with Gasteiger partial charge in [-0.25, -0.2) is 14.2 Å². The first-order chi connectivity index (χ1) is 18.7. The van der Waals surface area contributed by atoms with Gasteiger partial charge in [0, 0.05) is 36.3 Å². The lowest BCUT2D eigenvalue weighted by Crippen LogP contribution is -2.11. The van der Waals surface area contributed by atoms with Gasteiger partial charge in [0.25, 0.3) is 0 Å². The number of allylic oxidation sites excluding steroid dienone is 1. The number of hydrogen-bond acceptors (Lipinski definition) is 6. The number of fused-ring (bicyclic) bond motifs is 1. The summed E-state index contributed by atoms with van der Waals surface area (Å²) in [5.41, 5.74) is 3.19. The van der Waals surface area contributed by atoms with Crippen molar-refractivity contribution in [3.63, 3.8) is 0 Å². The Bertz CT molecular complexity index is 1340. The van der Waals surface area contributed by atoms with E-state index in [2.05, 4.69) is 21.9 Å². The number of aliphatic hydroxyl groups is 1. The molecular formula is C31H36FN3O4. The average molecular weight is 534 g/mol. The number of halogens is 1. The molecule has 206 valence electrons. The number of nitrogens with zero attached hydrogens (tertiary/aromatic N) is 1. The Labute approximate surface area is 228 Å². The summed E-state index contributed by atoms with van der Waals surface area (Å²) < 4.78 is 19.7. The van der Waals surface area contributed by atoms with Crippen LogP contribution in [0.5, 0.6) is 0 Å². The lowest BCUT2D eigenvalue weighted by Gasteiger charge is -2.10. The molecule has 4 rings (SSSR count). The Morgan fingerprint density at radius 3 is 2.31 bits per heavy atom. The van der Waals surface area contributed by atoms with Gasteiger partial charge in [-0.2, -0.15) is 0 Å². The number of likely N-dealkylation sites (N-methyl/N-ethyl adjacent to an activating group) is 1. The maximum Gasteiger partial charge on any atom is 0.339 e. The molecule has 0 aliphatic rings. The summed E-state index contributed by atoms with van der Waals surface area (Å²) in [4.78, 5) is 31.2. The van der Waals surface area contributed by atoms with Crippen molar-refractivity contribution >= 4 is 22.8 Å². The van der Waals surface area contributed by atoms with E-state index in [1.165, 1.54) is 18.3 Å². The molecule has 7 nitrogen and oxygen atoms in total. The number of aromatic amines is 1. The molecule has 0 saturated heterocycles. The van der Waals surface area contributed by atoms with Crippen LogP contribution in [0.4, 0.5) is 4.39 Å². The first-order valence-corrected chi connectivity index (χ1v) is 12.6. The highest BCUT2D eigenvalue weighted by atomic mass is 19.1. The van der Waals surface area contributed by atoms with Crippen LogP contribution in [-0.2, 0) is 16.0 Å². The minimum atomic E-state index is -0.469. The summed E-state index contributed by atoms with van der Waals surface area (Å²) in [6.45, 7) is 9.58. The number of aliphatic hydroxyl groups excluding tert-OH is 1. The van der Waals surface area contributed by atoms with E-state index in [-0.39, 0.29) is 24.9 Å². The molecule has 0 saturated carbocycles. The first kappa shape index (κ1) is 31.1. The molecule has 0 radical (unpaired) electrons. The molecule has 0 fully saturated rings. The van der Waals surface area contributed by atoms with Crippen molar-refractivity contribution < 1.29 is 23.8 Å². The van der Waals surface area contributed by atoms with Crippen molar-refractivity contribution in [1.82, 2.24) is 15.3 Å². The van der Waals surface area contributed by atoms with Gasteiger partial charge in [-0.05, 0) is 62.7 Å². The number of pyridine rings is 1. The standard InChI is InChI=1S/C22H21FN2O3.C6H6.C3H9NO/c1-5-17(26)7-14-6-15(9-20(23)13(14)4)19-11-25-21-18(19)8-16(10-24-21)22(27)28-12(2)3;1-2-4-6-5-3-1;1-4-2-3-5/h5-6,8-12H,1,7H2,2-4H3,(H,24,25);1-6H;4-5H,2-3H2,1H3. The number of H-pyrrole nitrogens is 1. The second-order valence-electron chi connectivity index (χ2n) is 8.85. The molecule has 0 bridgehead atoms. The Kier molecular flexibility index (Phi) is 12.7. The van der Waals surface area contributed by atoms with Gasteiger partial charge in [0.05, 0.1) is 18.3 Å². The summed E-state index contributed by atoms with van der Waals surface area (Å²) >= 11 is 0. The van der Waals surface area contributed by atoms with E-state index >= 15 is 0 Å². The summed E-state index contributed by atoms with van der Waals surface area (Å²) in [5, 5.41) is 11.4. The third-order valence-corrected chi connectivity index (χ3v) is 5.49. The average Bonchev–Trinajstić information content (AvgIpc) is 3.36. The largest absolute Gasteiger partial charge is 0.459 e. The third-order valence-electron chi connectivity index (χ3n) is 5.49. The monoisotopic (exact) mass is 533 g/mol. The maximum absolute atomic E-state index is 14.5. The predicted octanol–water partition coefficient (Wildman–Crippen LogP) is 5.42. The maximum atomic E-state index is 14.5. The number of nitrogens with one attached hydrogen (secondary N) is 2. The zero-order valence-corrected chi connectivity index (χ0v) is 22.8. The normalized spacial score (nSPS) is 10.2. The van der Waals surface area contributed by atoms with E-state index in [1.807, 2.05) is 36.4 Å². The molecule has 8 heteroatoms. The summed E-state index contributed by atoms with van der Waals surface area (Å²) in [5.74, 6) is -1.05. The SMILES string of the molecule is C=CC(=O)Cc1cc(-c2c[nH]c3ncc(C(=O)OC(C)C)cc23)cc(F)c1C.CNCCO.c1ccccc1. The van der Waals surface area contributed by atoms with Crippen LogP contribution in [0.25, 0.3) is 22.2 Å². The van der Waals surface area contributed by atoms with E-state index < -0.39 is 11.8 Å². The predicted molar refractivity (Wildman–Crippen MR) is 153 cm³/mol. The van der Waals surface area contributed by atoms with Crippen molar-refractivity contribution in [2.24, 2.45) is 0 Å². The first-order valence-electron chi connectivity index (χ1n) is 12.6. The van der Waals surface area contributed by atoms with Gasteiger partial charge in [0.1, 0.15) is 11.5 Å². The topological polar surface area (TPSA) is 104 Å². The van der Waals surface area contributed by atoms with Crippen LogP contribution in [0, 0.1) is 12.7 Å². The number of carbonyl (C=O) groups excluding carboxylic acids is 2. The minimum Gasteiger partial charge on any atom is -0.459 e. The van der Waals surface area contributed by atoms with Crippen LogP contribution in [0.2, 0.25) is 0 Å². The van der Waals surface area contributed by atoms with Crippen molar-refractivity contribution in [2.45, 2.75) is 33.3 Å². The summed E-state index contributed by atoms with van der Waals surface area (Å²) in [7, 11) is 1.80. The molecule has 0 aliphatic heterocycles. The van der Waals surface area contributed by atoms with Gasteiger partial charge in [-0.15, -0.1) is 0 Å². The van der Waals surface area contributed by atoms with E-state index in [9.17, 15) is 14.0 Å². The number of rotatable bonds is 8. The molecule has 0 amide bonds. The van der Waals surface area contributed by atoms with Crippen molar-refractivity contribution in [1.29, 1.82) is 0 Å². The quantitative estimate of drug-likeness (QED) is 0.206. The van der Waals surface area contributed by atoms with Crippen LogP contribution < -0.4 is 5.32 Å². The zero-order chi connectivity index (χ0) is 28.8. The molecule has 2 aromatic carbocycles. The number of ether oxygens (including phenoxy) is 1. The molecule has 2 heterocycles. The highest BCUT2D eigenvalue weighted by Crippen LogP contribution is 2.31. The molecule has 0 unspecified atom stereocenters. The molecule has 0 spiro atoms. The van der Waals surface area contributed by atoms with E-state index in [0.29, 0.717) is 45.4 Å². The number of carbonyl (C=O) groups is 2. The molecule has 3 N–H and O–H groups in total. The van der Waals surface area contributed by atoms with Crippen LogP contribution in [0.3, 0.4) is 0 Å². The van der Waals surface area contributed by atoms with E-state index in [1.54, 1.807) is 46.1 Å². The summed E-state index contributed by atoms with van der Waals surface area (Å²) in [6, 6.07) is 16.9. The van der Waals surface area contributed by atoms with Gasteiger partial charge in [0.2, 0.25) is 0 Å². The molecule has 4 aromatic rings. The van der Waals surface area contributed by atoms with Gasteiger partial charge in [-0.3, -0.25) is 4.79 Å². The van der Waals surface area contributed by atoms with Gasteiger partial charge in [-0.1, -0.05) is 49.0 Å². The van der Waals surface area contributed by atoms with Crippen LogP contribution in [0.15, 0.2) is 79.6 Å². The molecule has 39 heavy (non-hydrogen) atoms. The third kappa shape index (κ3) is 9.59. The van der Waals surface area contributed by atoms with Crippen LogP contribution in [0.1, 0.15) is 35.3 Å². The Morgan fingerprint density at radius 2 is 1.79 bits per heavy atom. The molecule has 2 aromatic heterocycles. The second kappa shape index (κ2) is 16.0. The molecular weight excluding hydrogens is 497 g/mol. The lowest BCUT2D eigenvalue weighted by molar-refractivity contribution is -0.114. The van der Waals surface area contributed by atoms with Crippen molar-refractivity contribution in [2.75, 3.05) is 20.2 Å². The van der Waals surface area contributed by atoms with E-state index in [4.69, 9.17) is 9.84 Å². The van der Waals surface area contributed by atoms with Crippen molar-refractivity contribution in [3.05, 3.63) is 102 Å². The highest BCUT2D eigenvalue weighted by Gasteiger charge is 2.16. The van der Waals surface area contributed by atoms with Gasteiger partial charge < -0.3 is 20.1 Å².